The van der Waals surface area contributed by atoms with Crippen LogP contribution in [0, 0.1) is 19.7 Å². The normalized spacial score (nSPS) is 10.6. The number of hydrogen-bond acceptors (Lipinski definition) is 3. The molecule has 18 heavy (non-hydrogen) atoms. The van der Waals surface area contributed by atoms with E-state index in [-0.39, 0.29) is 0 Å². The number of aryl methyl sites for hydroxylation is 2. The molecule has 0 radical (unpaired) electrons. The second-order valence-corrected chi connectivity index (χ2v) is 4.08. The molecule has 0 aliphatic rings. The standard InChI is InChI=1S/C13H13FN2O2/c1-7-12(16-8(2)18-7)6-9-5-10(14)3-4-11(9)13(15)17/h3-5H,6H2,1-2H3,(H2,15,17). The van der Waals surface area contributed by atoms with Gasteiger partial charge in [0.1, 0.15) is 11.6 Å². The molecule has 0 aliphatic carbocycles. The summed E-state index contributed by atoms with van der Waals surface area (Å²) < 4.78 is 18.5. The first-order chi connectivity index (χ1) is 8.47. The van der Waals surface area contributed by atoms with Crippen LogP contribution in [0.1, 0.15) is 33.3 Å². The van der Waals surface area contributed by atoms with Crippen LogP contribution in [-0.4, -0.2) is 10.9 Å². The van der Waals surface area contributed by atoms with Gasteiger partial charge < -0.3 is 10.2 Å². The summed E-state index contributed by atoms with van der Waals surface area (Å²) in [6, 6.07) is 3.89. The van der Waals surface area contributed by atoms with E-state index in [1.54, 1.807) is 13.8 Å². The second kappa shape index (κ2) is 4.60. The van der Waals surface area contributed by atoms with E-state index in [0.717, 1.165) is 0 Å². The van der Waals surface area contributed by atoms with Crippen molar-refractivity contribution in [3.05, 3.63) is 52.5 Å². The first kappa shape index (κ1) is 12.3. The molecule has 1 amide bonds. The van der Waals surface area contributed by atoms with Gasteiger partial charge in [0.15, 0.2) is 5.89 Å². The number of nitrogens with two attached hydrogens (primary N) is 1. The molecule has 2 N–H and O–H groups in total. The lowest BCUT2D eigenvalue weighted by Gasteiger charge is -2.05. The van der Waals surface area contributed by atoms with Crippen molar-refractivity contribution in [2.24, 2.45) is 5.73 Å². The highest BCUT2D eigenvalue weighted by molar-refractivity contribution is 5.94. The van der Waals surface area contributed by atoms with Crippen LogP contribution in [0.2, 0.25) is 0 Å². The Hall–Kier alpha value is -2.17. The number of hydrogen-bond donors (Lipinski definition) is 1. The smallest absolute Gasteiger partial charge is 0.248 e. The third-order valence-corrected chi connectivity index (χ3v) is 2.69. The highest BCUT2D eigenvalue weighted by Crippen LogP contribution is 2.18. The zero-order chi connectivity index (χ0) is 13.3. The molecule has 1 heterocycles. The maximum Gasteiger partial charge on any atom is 0.248 e. The molecule has 0 fully saturated rings. The molecule has 0 atom stereocenters. The summed E-state index contributed by atoms with van der Waals surface area (Å²) in [5.74, 6) is 0.211. The van der Waals surface area contributed by atoms with Crippen molar-refractivity contribution < 1.29 is 13.6 Å². The maximum absolute atomic E-state index is 13.2. The van der Waals surface area contributed by atoms with Crippen LogP contribution in [0.15, 0.2) is 22.6 Å². The van der Waals surface area contributed by atoms with Gasteiger partial charge in [0.05, 0.1) is 5.69 Å². The van der Waals surface area contributed by atoms with Gasteiger partial charge in [0.2, 0.25) is 5.91 Å². The van der Waals surface area contributed by atoms with Gasteiger partial charge in [-0.3, -0.25) is 4.79 Å². The Kier molecular flexibility index (Phi) is 3.14. The summed E-state index contributed by atoms with van der Waals surface area (Å²) in [5.41, 5.74) is 6.75. The van der Waals surface area contributed by atoms with Crippen molar-refractivity contribution in [3.8, 4) is 0 Å². The highest BCUT2D eigenvalue weighted by Gasteiger charge is 2.14. The molecule has 2 rings (SSSR count). The first-order valence-electron chi connectivity index (χ1n) is 5.48. The van der Waals surface area contributed by atoms with E-state index in [9.17, 15) is 9.18 Å². The molecule has 0 unspecified atom stereocenters. The van der Waals surface area contributed by atoms with Crippen LogP contribution in [0.4, 0.5) is 4.39 Å². The fourth-order valence-electron chi connectivity index (χ4n) is 1.87. The average Bonchev–Trinajstić information content (AvgIpc) is 2.57. The molecule has 1 aromatic carbocycles. The first-order valence-corrected chi connectivity index (χ1v) is 5.48. The molecule has 2 aromatic rings. The third-order valence-electron chi connectivity index (χ3n) is 2.69. The number of carbonyl (C=O) groups is 1. The molecule has 0 saturated carbocycles. The van der Waals surface area contributed by atoms with Gasteiger partial charge in [-0.05, 0) is 30.7 Å². The van der Waals surface area contributed by atoms with Crippen molar-refractivity contribution in [2.75, 3.05) is 0 Å². The fourth-order valence-corrected chi connectivity index (χ4v) is 1.87. The van der Waals surface area contributed by atoms with E-state index in [1.807, 2.05) is 0 Å². The van der Waals surface area contributed by atoms with Gasteiger partial charge >= 0.3 is 0 Å². The van der Waals surface area contributed by atoms with E-state index >= 15 is 0 Å². The topological polar surface area (TPSA) is 69.1 Å². The monoisotopic (exact) mass is 248 g/mol. The van der Waals surface area contributed by atoms with E-state index < -0.39 is 11.7 Å². The van der Waals surface area contributed by atoms with Gasteiger partial charge in [0.25, 0.3) is 0 Å². The Morgan fingerprint density at radius 3 is 2.72 bits per heavy atom. The third kappa shape index (κ3) is 2.40. The van der Waals surface area contributed by atoms with E-state index in [1.165, 1.54) is 18.2 Å². The molecule has 0 aliphatic heterocycles. The summed E-state index contributed by atoms with van der Waals surface area (Å²) in [5, 5.41) is 0. The van der Waals surface area contributed by atoms with Crippen LogP contribution in [0.25, 0.3) is 0 Å². The molecule has 1 aromatic heterocycles. The minimum absolute atomic E-state index is 0.302. The highest BCUT2D eigenvalue weighted by atomic mass is 19.1. The van der Waals surface area contributed by atoms with Crippen LogP contribution in [0.5, 0.6) is 0 Å². The van der Waals surface area contributed by atoms with Crippen molar-refractivity contribution in [1.29, 1.82) is 0 Å². The SMILES string of the molecule is Cc1nc(Cc2cc(F)ccc2C(N)=O)c(C)o1. The quantitative estimate of drug-likeness (QED) is 0.904. The largest absolute Gasteiger partial charge is 0.446 e. The number of benzene rings is 1. The molecule has 0 saturated heterocycles. The van der Waals surface area contributed by atoms with Crippen molar-refractivity contribution in [3.63, 3.8) is 0 Å². The van der Waals surface area contributed by atoms with Gasteiger partial charge in [-0.25, -0.2) is 9.37 Å². The Morgan fingerprint density at radius 2 is 2.17 bits per heavy atom. The van der Waals surface area contributed by atoms with Gasteiger partial charge in [-0.1, -0.05) is 0 Å². The molecule has 0 bridgehead atoms. The van der Waals surface area contributed by atoms with E-state index in [2.05, 4.69) is 4.98 Å². The molecule has 5 heteroatoms. The number of halogens is 1. The lowest BCUT2D eigenvalue weighted by molar-refractivity contribution is 0.0999. The predicted molar refractivity (Wildman–Crippen MR) is 63.7 cm³/mol. The lowest BCUT2D eigenvalue weighted by atomic mass is 10.0. The maximum atomic E-state index is 13.2. The zero-order valence-electron chi connectivity index (χ0n) is 10.2. The van der Waals surface area contributed by atoms with Crippen molar-refractivity contribution in [2.45, 2.75) is 20.3 Å². The van der Waals surface area contributed by atoms with Crippen LogP contribution in [-0.2, 0) is 6.42 Å². The molecule has 94 valence electrons. The minimum Gasteiger partial charge on any atom is -0.446 e. The summed E-state index contributed by atoms with van der Waals surface area (Å²) in [4.78, 5) is 15.5. The van der Waals surface area contributed by atoms with Gasteiger partial charge in [0, 0.05) is 18.9 Å². The van der Waals surface area contributed by atoms with E-state index in [4.69, 9.17) is 10.2 Å². The zero-order valence-corrected chi connectivity index (χ0v) is 10.2. The minimum atomic E-state index is -0.581. The fraction of sp³-hybridized carbons (Fsp3) is 0.231. The average molecular weight is 248 g/mol. The number of carbonyl (C=O) groups excluding carboxylic acids is 1. The Morgan fingerprint density at radius 1 is 1.44 bits per heavy atom. The summed E-state index contributed by atoms with van der Waals surface area (Å²) >= 11 is 0. The van der Waals surface area contributed by atoms with Crippen LogP contribution < -0.4 is 5.73 Å². The number of primary amides is 1. The number of nitrogens with zero attached hydrogens (tertiary/aromatic N) is 1. The Labute approximate surface area is 104 Å². The Balaban J connectivity index is 2.42. The van der Waals surface area contributed by atoms with Gasteiger partial charge in [-0.15, -0.1) is 0 Å². The van der Waals surface area contributed by atoms with E-state index in [0.29, 0.717) is 34.9 Å². The summed E-state index contributed by atoms with van der Waals surface area (Å²) in [6.45, 7) is 3.51. The second-order valence-electron chi connectivity index (χ2n) is 4.08. The number of aromatic nitrogens is 1. The number of oxazole rings is 1. The van der Waals surface area contributed by atoms with Crippen LogP contribution in [0.3, 0.4) is 0 Å². The molecule has 4 nitrogen and oxygen atoms in total. The number of rotatable bonds is 3. The molecule has 0 spiro atoms. The summed E-state index contributed by atoms with van der Waals surface area (Å²) in [6.07, 6.45) is 0.319. The molecular formula is C13H13FN2O2. The lowest BCUT2D eigenvalue weighted by Crippen LogP contribution is -2.14. The van der Waals surface area contributed by atoms with Gasteiger partial charge in [-0.2, -0.15) is 0 Å². The van der Waals surface area contributed by atoms with Crippen molar-refractivity contribution in [1.82, 2.24) is 4.98 Å². The Bertz CT molecular complexity index is 605. The molecular weight excluding hydrogens is 235 g/mol. The van der Waals surface area contributed by atoms with Crippen molar-refractivity contribution >= 4 is 5.91 Å². The number of amides is 1. The van der Waals surface area contributed by atoms with Crippen LogP contribution >= 0.6 is 0 Å². The predicted octanol–water partition coefficient (Wildman–Crippen LogP) is 2.12. The summed E-state index contributed by atoms with van der Waals surface area (Å²) in [7, 11) is 0.